The molecule has 0 spiro atoms. The molecule has 4 aromatic rings. The van der Waals surface area contributed by atoms with Crippen LogP contribution in [0.15, 0.2) is 117 Å². The fraction of sp³-hybridized carbons (Fsp3) is 0.189. The zero-order valence-electron chi connectivity index (χ0n) is 34.3. The Morgan fingerprint density at radius 3 is 0.844 bits per heavy atom. The van der Waals surface area contributed by atoms with Crippen LogP contribution in [0.5, 0.6) is 0 Å². The van der Waals surface area contributed by atoms with E-state index in [0.29, 0.717) is 22.7 Å². The lowest BCUT2D eigenvalue weighted by Crippen LogP contribution is -2.28. The van der Waals surface area contributed by atoms with Crippen LogP contribution in [-0.4, -0.2) is 69.2 Å². The summed E-state index contributed by atoms with van der Waals surface area (Å²) in [6.45, 7) is 7.33. The molecule has 64 heavy (non-hydrogen) atoms. The second-order valence-corrected chi connectivity index (χ2v) is 18.5. The van der Waals surface area contributed by atoms with Crippen molar-refractivity contribution in [2.24, 2.45) is 10.3 Å². The van der Waals surface area contributed by atoms with Gasteiger partial charge in [0.2, 0.25) is 43.7 Å². The summed E-state index contributed by atoms with van der Waals surface area (Å²) in [6, 6.07) is 22.4. The molecular weight excluding hydrogens is 925 g/mol. The number of benzene rings is 4. The SMILES string of the molecule is C.CC(=O)NS(=O)(=O)c1ccc(N)cc1.CC(=O)Nc1ccc(S(=O)(=O)NC(C)=O)cc1.CC(=O)Nc1ccc(S(N)(=O)=O)cc1.CC(=O)OC(C)=O.Nc1ccc(S(N)(=O)=O)cc1. The number of nitrogens with two attached hydrogens (primary N) is 4. The van der Waals surface area contributed by atoms with E-state index in [1.54, 1.807) is 0 Å². The molecule has 0 aliphatic rings. The predicted molar refractivity (Wildman–Crippen MR) is 237 cm³/mol. The first-order valence-corrected chi connectivity index (χ1v) is 23.1. The maximum atomic E-state index is 11.6. The highest BCUT2D eigenvalue weighted by Crippen LogP contribution is 2.15. The molecule has 4 amide bonds. The van der Waals surface area contributed by atoms with Gasteiger partial charge >= 0.3 is 11.9 Å². The Bertz CT molecular complexity index is 2670. The van der Waals surface area contributed by atoms with Crippen molar-refractivity contribution in [3.05, 3.63) is 97.1 Å². The summed E-state index contributed by atoms with van der Waals surface area (Å²) in [5.41, 5.74) is 12.7. The van der Waals surface area contributed by atoms with Gasteiger partial charge in [0, 0.05) is 64.3 Å². The first-order chi connectivity index (χ1) is 28.7. The smallest absolute Gasteiger partial charge is 0.310 e. The van der Waals surface area contributed by atoms with Gasteiger partial charge in [-0.15, -0.1) is 0 Å². The number of hydrogen-bond acceptors (Lipinski definition) is 17. The number of rotatable bonds is 8. The third-order valence-corrected chi connectivity index (χ3v) is 11.0. The molecule has 352 valence electrons. The largest absolute Gasteiger partial charge is 0.399 e. The number of carbonyl (C=O) groups excluding carboxylic acids is 6. The van der Waals surface area contributed by atoms with Crippen molar-refractivity contribution in [2.45, 2.75) is 68.6 Å². The Balaban J connectivity index is 0. The molecule has 0 bridgehead atoms. The van der Waals surface area contributed by atoms with Crippen LogP contribution >= 0.6 is 0 Å². The minimum absolute atomic E-state index is 0. The number of hydrogen-bond donors (Lipinski definition) is 8. The van der Waals surface area contributed by atoms with E-state index < -0.39 is 63.8 Å². The summed E-state index contributed by atoms with van der Waals surface area (Å²) >= 11 is 0. The van der Waals surface area contributed by atoms with Crippen molar-refractivity contribution in [1.82, 2.24) is 9.44 Å². The fourth-order valence-corrected chi connectivity index (χ4v) is 6.87. The lowest BCUT2D eigenvalue weighted by molar-refractivity contribution is -0.156. The van der Waals surface area contributed by atoms with Crippen molar-refractivity contribution in [3.63, 3.8) is 0 Å². The zero-order chi connectivity index (χ0) is 48.9. The van der Waals surface area contributed by atoms with Crippen LogP contribution in [-0.2, 0) is 73.6 Å². The number of nitrogen functional groups attached to an aromatic ring is 2. The maximum absolute atomic E-state index is 11.6. The molecule has 0 aliphatic heterocycles. The summed E-state index contributed by atoms with van der Waals surface area (Å²) in [5, 5.41) is 14.7. The summed E-state index contributed by atoms with van der Waals surface area (Å²) in [6.07, 6.45) is 0. The van der Waals surface area contributed by atoms with Gasteiger partial charge in [0.25, 0.3) is 20.0 Å². The molecule has 0 fully saturated rings. The Morgan fingerprint density at radius 2 is 0.641 bits per heavy atom. The topological polar surface area (TPSA) is 400 Å². The molecular formula is C37H50N8O15S4. The summed E-state index contributed by atoms with van der Waals surface area (Å²) in [4.78, 5) is 62.4. The Morgan fingerprint density at radius 1 is 0.406 bits per heavy atom. The van der Waals surface area contributed by atoms with Crippen LogP contribution in [0.25, 0.3) is 0 Å². The monoisotopic (exact) mass is 974 g/mol. The van der Waals surface area contributed by atoms with Crippen LogP contribution < -0.4 is 41.8 Å². The van der Waals surface area contributed by atoms with Gasteiger partial charge in [0.1, 0.15) is 0 Å². The van der Waals surface area contributed by atoms with E-state index in [1.807, 2.05) is 9.44 Å². The minimum atomic E-state index is -3.82. The molecule has 4 rings (SSSR count). The normalized spacial score (nSPS) is 10.4. The standard InChI is InChI=1S/C10H12N2O4S.2C8H10N2O3S.C6H8N2O2S.C4H6O3.CH4/c1-7(13)11-9-3-5-10(6-4-9)17(15,16)12-8(2)14;1-6(11)10-7-2-4-8(5-3-7)14(9,12)13;1-6(11)10-14(12,13)8-4-2-7(9)3-5-8;7-5-1-3-6(4-2-5)11(8,9)10;1-3(5)7-4(2)6;/h3-6H,1-2H3,(H,11,13)(H,12,14);2-5H,1H3,(H,10,11)(H2,9,12,13);2-5H,9H2,1H3,(H,10,11);1-4H,7H2,(H2,8,9,10);1-2H3;1H4. The third kappa shape index (κ3) is 25.9. The summed E-state index contributed by atoms with van der Waals surface area (Å²) in [7, 11) is -14.8. The molecule has 0 heterocycles. The Kier molecular flexibility index (Phi) is 24.7. The van der Waals surface area contributed by atoms with Gasteiger partial charge in [-0.3, -0.25) is 28.8 Å². The first-order valence-electron chi connectivity index (χ1n) is 17.0. The third-order valence-electron chi connectivity index (χ3n) is 6.23. The van der Waals surface area contributed by atoms with E-state index >= 15 is 0 Å². The first kappa shape index (κ1) is 59.3. The van der Waals surface area contributed by atoms with Gasteiger partial charge in [-0.1, -0.05) is 7.43 Å². The van der Waals surface area contributed by atoms with Gasteiger partial charge in [0.05, 0.1) is 19.6 Å². The highest BCUT2D eigenvalue weighted by molar-refractivity contribution is 7.90. The molecule has 4 aromatic carbocycles. The van der Waals surface area contributed by atoms with E-state index in [0.717, 1.165) is 13.8 Å². The van der Waals surface area contributed by atoms with Crippen molar-refractivity contribution in [3.8, 4) is 0 Å². The second-order valence-electron chi connectivity index (χ2n) is 12.0. The fourth-order valence-electron chi connectivity index (χ4n) is 3.86. The van der Waals surface area contributed by atoms with E-state index in [2.05, 4.69) is 15.4 Å². The quantitative estimate of drug-likeness (QED) is 0.0704. The number of carbonyl (C=O) groups is 6. The average molecular weight is 975 g/mol. The molecule has 0 aromatic heterocycles. The van der Waals surface area contributed by atoms with Gasteiger partial charge in [0.15, 0.2) is 0 Å². The lowest BCUT2D eigenvalue weighted by atomic mass is 10.3. The number of esters is 2. The van der Waals surface area contributed by atoms with Gasteiger partial charge in [-0.05, 0) is 97.1 Å². The molecule has 0 radical (unpaired) electrons. The second kappa shape index (κ2) is 26.6. The van der Waals surface area contributed by atoms with Crippen LogP contribution in [0.3, 0.4) is 0 Å². The van der Waals surface area contributed by atoms with E-state index in [-0.39, 0.29) is 38.8 Å². The van der Waals surface area contributed by atoms with Crippen molar-refractivity contribution in [2.75, 3.05) is 22.1 Å². The molecule has 0 saturated carbocycles. The maximum Gasteiger partial charge on any atom is 0.310 e. The van der Waals surface area contributed by atoms with Crippen LogP contribution in [0.4, 0.5) is 22.7 Å². The number of amides is 4. The Labute approximate surface area is 371 Å². The number of anilines is 4. The van der Waals surface area contributed by atoms with E-state index in [4.69, 9.17) is 21.7 Å². The average Bonchev–Trinajstić information content (AvgIpc) is 3.11. The number of ether oxygens (including phenoxy) is 1. The molecule has 0 unspecified atom stereocenters. The highest BCUT2D eigenvalue weighted by atomic mass is 32.2. The minimum Gasteiger partial charge on any atom is -0.399 e. The van der Waals surface area contributed by atoms with Crippen molar-refractivity contribution >= 4 is 98.4 Å². The van der Waals surface area contributed by atoms with Crippen LogP contribution in [0.2, 0.25) is 0 Å². The lowest BCUT2D eigenvalue weighted by Gasteiger charge is -2.06. The van der Waals surface area contributed by atoms with Crippen molar-refractivity contribution in [1.29, 1.82) is 0 Å². The van der Waals surface area contributed by atoms with Crippen LogP contribution in [0.1, 0.15) is 49.0 Å². The van der Waals surface area contributed by atoms with Gasteiger partial charge < -0.3 is 26.8 Å². The number of sulfonamides is 4. The molecule has 27 heteroatoms. The van der Waals surface area contributed by atoms with E-state index in [9.17, 15) is 62.4 Å². The number of nitrogens with one attached hydrogen (secondary N) is 4. The summed E-state index contributed by atoms with van der Waals surface area (Å²) in [5.74, 6) is -2.87. The highest BCUT2D eigenvalue weighted by Gasteiger charge is 2.16. The zero-order valence-corrected chi connectivity index (χ0v) is 37.6. The predicted octanol–water partition coefficient (Wildman–Crippen LogP) is 1.50. The molecule has 12 N–H and O–H groups in total. The molecule has 23 nitrogen and oxygen atoms in total. The number of primary sulfonamides is 2. The molecule has 0 saturated heterocycles. The summed E-state index contributed by atoms with van der Waals surface area (Å²) < 4.78 is 96.6. The van der Waals surface area contributed by atoms with E-state index in [1.165, 1.54) is 125 Å². The molecule has 0 aliphatic carbocycles. The van der Waals surface area contributed by atoms with Gasteiger partial charge in [-0.2, -0.15) is 0 Å². The Hall–Kier alpha value is -6.78. The van der Waals surface area contributed by atoms with Crippen LogP contribution in [0, 0.1) is 0 Å². The van der Waals surface area contributed by atoms with Crippen molar-refractivity contribution < 1.29 is 67.2 Å². The molecule has 0 atom stereocenters. The van der Waals surface area contributed by atoms with Gasteiger partial charge in [-0.25, -0.2) is 53.4 Å².